The van der Waals surface area contributed by atoms with Crippen molar-refractivity contribution in [3.63, 3.8) is 0 Å². The fraction of sp³-hybridized carbons (Fsp3) is 0.0667. The zero-order valence-electron chi connectivity index (χ0n) is 11.0. The van der Waals surface area contributed by atoms with Gasteiger partial charge < -0.3 is 11.1 Å². The summed E-state index contributed by atoms with van der Waals surface area (Å²) in [5.41, 5.74) is 7.13. The van der Waals surface area contributed by atoms with E-state index in [0.29, 0.717) is 22.8 Å². The van der Waals surface area contributed by atoms with Gasteiger partial charge in [-0.05, 0) is 48.5 Å². The highest BCUT2D eigenvalue weighted by Crippen LogP contribution is 2.15. The van der Waals surface area contributed by atoms with Gasteiger partial charge in [-0.25, -0.2) is 9.38 Å². The summed E-state index contributed by atoms with van der Waals surface area (Å²) in [5, 5.41) is 2.67. The van der Waals surface area contributed by atoms with Crippen molar-refractivity contribution in [2.24, 2.45) is 10.7 Å². The third-order valence-electron chi connectivity index (χ3n) is 2.64. The van der Waals surface area contributed by atoms with Gasteiger partial charge in [0.1, 0.15) is 11.7 Å². The van der Waals surface area contributed by atoms with Crippen LogP contribution in [-0.4, -0.2) is 17.6 Å². The number of benzene rings is 2. The molecule has 1 amide bonds. The van der Waals surface area contributed by atoms with Crippen LogP contribution < -0.4 is 11.1 Å². The Morgan fingerprint density at radius 1 is 1.14 bits per heavy atom. The van der Waals surface area contributed by atoms with Crippen molar-refractivity contribution in [3.8, 4) is 0 Å². The minimum Gasteiger partial charge on any atom is -0.386 e. The largest absolute Gasteiger partial charge is 0.386 e. The maximum absolute atomic E-state index is 12.8. The van der Waals surface area contributed by atoms with Gasteiger partial charge in [-0.1, -0.05) is 0 Å². The van der Waals surface area contributed by atoms with Crippen molar-refractivity contribution in [3.05, 3.63) is 59.9 Å². The lowest BCUT2D eigenvalue weighted by molar-refractivity contribution is 0.102. The zero-order chi connectivity index (χ0) is 15.2. The van der Waals surface area contributed by atoms with E-state index in [1.54, 1.807) is 24.3 Å². The SMILES string of the molecule is NC(CCl)=Nc1ccc(C(=O)Nc2ccc(F)cc2)cc1. The number of halogens is 2. The summed E-state index contributed by atoms with van der Waals surface area (Å²) in [4.78, 5) is 16.1. The average Bonchev–Trinajstić information content (AvgIpc) is 2.50. The molecular weight excluding hydrogens is 293 g/mol. The highest BCUT2D eigenvalue weighted by Gasteiger charge is 2.06. The van der Waals surface area contributed by atoms with E-state index in [1.165, 1.54) is 24.3 Å². The maximum Gasteiger partial charge on any atom is 0.255 e. The summed E-state index contributed by atoms with van der Waals surface area (Å²) in [6.45, 7) is 0. The van der Waals surface area contributed by atoms with Gasteiger partial charge in [0.05, 0.1) is 11.6 Å². The van der Waals surface area contributed by atoms with Gasteiger partial charge >= 0.3 is 0 Å². The van der Waals surface area contributed by atoms with Crippen molar-refractivity contribution in [1.29, 1.82) is 0 Å². The first-order valence-electron chi connectivity index (χ1n) is 6.14. The lowest BCUT2D eigenvalue weighted by Gasteiger charge is -2.05. The molecule has 0 radical (unpaired) electrons. The standard InChI is InChI=1S/C15H13ClFN3O/c16-9-14(18)19-12-5-1-10(2-6-12)15(21)20-13-7-3-11(17)4-8-13/h1-8H,9H2,(H2,18,19)(H,20,21). The predicted molar refractivity (Wildman–Crippen MR) is 82.8 cm³/mol. The van der Waals surface area contributed by atoms with Crippen LogP contribution in [0.25, 0.3) is 0 Å². The summed E-state index contributed by atoms with van der Waals surface area (Å²) in [7, 11) is 0. The number of hydrogen-bond donors (Lipinski definition) is 2. The summed E-state index contributed by atoms with van der Waals surface area (Å²) in [5.74, 6) is -0.193. The summed E-state index contributed by atoms with van der Waals surface area (Å²) in [6, 6.07) is 12.1. The van der Waals surface area contributed by atoms with Crippen LogP contribution >= 0.6 is 11.6 Å². The molecule has 0 unspecified atom stereocenters. The zero-order valence-corrected chi connectivity index (χ0v) is 11.8. The number of amidine groups is 1. The van der Waals surface area contributed by atoms with E-state index in [-0.39, 0.29) is 17.6 Å². The minimum atomic E-state index is -0.355. The molecule has 2 rings (SSSR count). The molecule has 21 heavy (non-hydrogen) atoms. The Balaban J connectivity index is 2.08. The number of anilines is 1. The molecule has 2 aromatic rings. The van der Waals surface area contributed by atoms with Gasteiger partial charge in [0.15, 0.2) is 0 Å². The van der Waals surface area contributed by atoms with Gasteiger partial charge in [0.2, 0.25) is 0 Å². The fourth-order valence-corrected chi connectivity index (χ4v) is 1.68. The Labute approximate surface area is 126 Å². The Bertz CT molecular complexity index is 654. The van der Waals surface area contributed by atoms with Crippen LogP contribution in [0.4, 0.5) is 15.8 Å². The molecule has 3 N–H and O–H groups in total. The van der Waals surface area contributed by atoms with E-state index in [9.17, 15) is 9.18 Å². The van der Waals surface area contributed by atoms with Crippen LogP contribution in [0.2, 0.25) is 0 Å². The van der Waals surface area contributed by atoms with E-state index in [4.69, 9.17) is 17.3 Å². The molecule has 0 aromatic heterocycles. The molecule has 0 heterocycles. The van der Waals surface area contributed by atoms with E-state index in [1.807, 2.05) is 0 Å². The number of amides is 1. The molecule has 0 atom stereocenters. The number of aliphatic imine (C=N–C) groups is 1. The number of nitrogens with two attached hydrogens (primary N) is 1. The predicted octanol–water partition coefficient (Wildman–Crippen LogP) is 3.31. The molecular formula is C15H13ClFN3O. The Kier molecular flexibility index (Phi) is 4.90. The van der Waals surface area contributed by atoms with Crippen molar-refractivity contribution >= 4 is 34.7 Å². The Morgan fingerprint density at radius 2 is 1.76 bits per heavy atom. The van der Waals surface area contributed by atoms with Gasteiger partial charge in [-0.3, -0.25) is 4.79 Å². The summed E-state index contributed by atoms with van der Waals surface area (Å²) >= 11 is 5.54. The molecule has 0 bridgehead atoms. The number of hydrogen-bond acceptors (Lipinski definition) is 2. The highest BCUT2D eigenvalue weighted by atomic mass is 35.5. The van der Waals surface area contributed by atoms with Crippen molar-refractivity contribution in [1.82, 2.24) is 0 Å². The second-order valence-electron chi connectivity index (χ2n) is 4.24. The van der Waals surface area contributed by atoms with Gasteiger partial charge in [-0.2, -0.15) is 0 Å². The minimum absolute atomic E-state index is 0.146. The maximum atomic E-state index is 12.8. The number of carbonyl (C=O) groups is 1. The number of alkyl halides is 1. The van der Waals surface area contributed by atoms with Gasteiger partial charge in [0.25, 0.3) is 5.91 Å². The monoisotopic (exact) mass is 305 g/mol. The van der Waals surface area contributed by atoms with Crippen LogP contribution in [0.5, 0.6) is 0 Å². The normalized spacial score (nSPS) is 11.2. The first-order chi connectivity index (χ1) is 10.1. The number of rotatable bonds is 4. The first-order valence-corrected chi connectivity index (χ1v) is 6.68. The van der Waals surface area contributed by atoms with E-state index in [2.05, 4.69) is 10.3 Å². The molecule has 0 saturated carbocycles. The van der Waals surface area contributed by atoms with E-state index < -0.39 is 0 Å². The average molecular weight is 306 g/mol. The molecule has 0 spiro atoms. The molecule has 0 aliphatic carbocycles. The van der Waals surface area contributed by atoms with Gasteiger partial charge in [-0.15, -0.1) is 11.6 Å². The topological polar surface area (TPSA) is 67.5 Å². The summed E-state index contributed by atoms with van der Waals surface area (Å²) < 4.78 is 12.8. The molecule has 6 heteroatoms. The summed E-state index contributed by atoms with van der Waals surface area (Å²) in [6.07, 6.45) is 0. The number of nitrogens with zero attached hydrogens (tertiary/aromatic N) is 1. The van der Waals surface area contributed by atoms with Crippen LogP contribution in [-0.2, 0) is 0 Å². The molecule has 2 aromatic carbocycles. The Morgan fingerprint density at radius 3 is 2.33 bits per heavy atom. The molecule has 4 nitrogen and oxygen atoms in total. The van der Waals surface area contributed by atoms with Crippen LogP contribution in [0.1, 0.15) is 10.4 Å². The third-order valence-corrected chi connectivity index (χ3v) is 2.92. The van der Waals surface area contributed by atoms with E-state index in [0.717, 1.165) is 0 Å². The van der Waals surface area contributed by atoms with Gasteiger partial charge in [0, 0.05) is 11.3 Å². The van der Waals surface area contributed by atoms with Crippen molar-refractivity contribution < 1.29 is 9.18 Å². The van der Waals surface area contributed by atoms with Crippen molar-refractivity contribution in [2.75, 3.05) is 11.2 Å². The molecule has 0 aliphatic heterocycles. The molecule has 0 saturated heterocycles. The highest BCUT2D eigenvalue weighted by molar-refractivity contribution is 6.28. The molecule has 0 fully saturated rings. The Hall–Kier alpha value is -2.40. The lowest BCUT2D eigenvalue weighted by atomic mass is 10.2. The second kappa shape index (κ2) is 6.85. The quantitative estimate of drug-likeness (QED) is 0.517. The molecule has 108 valence electrons. The fourth-order valence-electron chi connectivity index (χ4n) is 1.62. The smallest absolute Gasteiger partial charge is 0.255 e. The third kappa shape index (κ3) is 4.29. The number of carbonyl (C=O) groups excluding carboxylic acids is 1. The van der Waals surface area contributed by atoms with E-state index >= 15 is 0 Å². The van der Waals surface area contributed by atoms with Crippen molar-refractivity contribution in [2.45, 2.75) is 0 Å². The van der Waals surface area contributed by atoms with Crippen LogP contribution in [0.3, 0.4) is 0 Å². The first kappa shape index (κ1) is 15.0. The molecule has 0 aliphatic rings. The lowest BCUT2D eigenvalue weighted by Crippen LogP contribution is -2.12. The second-order valence-corrected chi connectivity index (χ2v) is 4.51. The number of nitrogens with one attached hydrogen (secondary N) is 1. The van der Waals surface area contributed by atoms with Crippen LogP contribution in [0.15, 0.2) is 53.5 Å². The van der Waals surface area contributed by atoms with Crippen LogP contribution in [0, 0.1) is 5.82 Å².